The SMILES string of the molecule is COc1cc(C2Nc3ccc(F)cc3[C@H]3OCC[C@@H]23)cc(Cl)c1OC. The Balaban J connectivity index is 1.78. The molecule has 2 heterocycles. The van der Waals surface area contributed by atoms with Crippen LogP contribution in [0.15, 0.2) is 30.3 Å². The first-order chi connectivity index (χ1) is 12.1. The fraction of sp³-hybridized carbons (Fsp3) is 0.368. The molecule has 1 fully saturated rings. The summed E-state index contributed by atoms with van der Waals surface area (Å²) in [5.74, 6) is 1.06. The zero-order valence-corrected chi connectivity index (χ0v) is 14.8. The number of ether oxygens (including phenoxy) is 3. The van der Waals surface area contributed by atoms with Gasteiger partial charge in [0.05, 0.1) is 31.4 Å². The summed E-state index contributed by atoms with van der Waals surface area (Å²) in [6.45, 7) is 0.657. The van der Waals surface area contributed by atoms with Gasteiger partial charge in [0.15, 0.2) is 11.5 Å². The van der Waals surface area contributed by atoms with Gasteiger partial charge in [-0.3, -0.25) is 0 Å². The molecule has 2 aliphatic rings. The lowest BCUT2D eigenvalue weighted by Gasteiger charge is -2.36. The quantitative estimate of drug-likeness (QED) is 0.855. The van der Waals surface area contributed by atoms with Gasteiger partial charge in [-0.2, -0.15) is 0 Å². The lowest BCUT2D eigenvalue weighted by Crippen LogP contribution is -2.29. The third-order valence-corrected chi connectivity index (χ3v) is 5.29. The summed E-state index contributed by atoms with van der Waals surface area (Å²) in [5.41, 5.74) is 2.77. The fourth-order valence-electron chi connectivity index (χ4n) is 3.89. The van der Waals surface area contributed by atoms with Gasteiger partial charge in [0.25, 0.3) is 0 Å². The maximum atomic E-state index is 13.7. The fourth-order valence-corrected chi connectivity index (χ4v) is 4.19. The summed E-state index contributed by atoms with van der Waals surface area (Å²) in [6.07, 6.45) is 0.772. The number of hydrogen-bond acceptors (Lipinski definition) is 4. The van der Waals surface area contributed by atoms with Crippen molar-refractivity contribution >= 4 is 17.3 Å². The van der Waals surface area contributed by atoms with Crippen LogP contribution in [0.2, 0.25) is 5.02 Å². The average Bonchev–Trinajstić information content (AvgIpc) is 3.10. The first-order valence-electron chi connectivity index (χ1n) is 8.21. The highest BCUT2D eigenvalue weighted by atomic mass is 35.5. The van der Waals surface area contributed by atoms with Gasteiger partial charge in [-0.05, 0) is 42.3 Å². The van der Waals surface area contributed by atoms with Crippen molar-refractivity contribution in [1.29, 1.82) is 0 Å². The van der Waals surface area contributed by atoms with E-state index < -0.39 is 0 Å². The summed E-state index contributed by atoms with van der Waals surface area (Å²) in [7, 11) is 3.15. The van der Waals surface area contributed by atoms with Gasteiger partial charge in [0.1, 0.15) is 5.82 Å². The molecule has 1 unspecified atom stereocenters. The van der Waals surface area contributed by atoms with Crippen molar-refractivity contribution in [3.05, 3.63) is 52.3 Å². The molecular formula is C19H19ClFNO3. The Kier molecular flexibility index (Phi) is 4.21. The molecular weight excluding hydrogens is 345 g/mol. The van der Waals surface area contributed by atoms with Crippen LogP contribution in [0.5, 0.6) is 11.5 Å². The van der Waals surface area contributed by atoms with Crippen LogP contribution in [-0.2, 0) is 4.74 Å². The maximum absolute atomic E-state index is 13.7. The Morgan fingerprint density at radius 3 is 2.80 bits per heavy atom. The minimum absolute atomic E-state index is 0.00256. The molecule has 2 aromatic carbocycles. The summed E-state index contributed by atoms with van der Waals surface area (Å²) in [5, 5.41) is 4.03. The minimum Gasteiger partial charge on any atom is -0.493 e. The molecule has 0 spiro atoms. The summed E-state index contributed by atoms with van der Waals surface area (Å²) >= 11 is 6.38. The highest BCUT2D eigenvalue weighted by Crippen LogP contribution is 2.51. The zero-order valence-electron chi connectivity index (χ0n) is 14.0. The Bertz CT molecular complexity index is 813. The third-order valence-electron chi connectivity index (χ3n) is 5.01. The molecule has 2 aromatic rings. The molecule has 1 saturated heterocycles. The normalized spacial score (nSPS) is 24.2. The van der Waals surface area contributed by atoms with Crippen molar-refractivity contribution < 1.29 is 18.6 Å². The zero-order chi connectivity index (χ0) is 17.6. The van der Waals surface area contributed by atoms with E-state index in [1.54, 1.807) is 26.4 Å². The highest BCUT2D eigenvalue weighted by Gasteiger charge is 2.42. The molecule has 1 N–H and O–H groups in total. The molecule has 3 atom stereocenters. The van der Waals surface area contributed by atoms with Crippen LogP contribution >= 0.6 is 11.6 Å². The molecule has 0 aromatic heterocycles. The molecule has 0 radical (unpaired) electrons. The van der Waals surface area contributed by atoms with E-state index in [0.29, 0.717) is 23.1 Å². The summed E-state index contributed by atoms with van der Waals surface area (Å²) < 4.78 is 30.4. The second kappa shape index (κ2) is 6.39. The second-order valence-electron chi connectivity index (χ2n) is 6.34. The van der Waals surface area contributed by atoms with Gasteiger partial charge >= 0.3 is 0 Å². The van der Waals surface area contributed by atoms with Crippen LogP contribution in [0.25, 0.3) is 0 Å². The number of fused-ring (bicyclic) bond motifs is 3. The number of rotatable bonds is 3. The Labute approximate surface area is 150 Å². The lowest BCUT2D eigenvalue weighted by atomic mass is 9.81. The van der Waals surface area contributed by atoms with E-state index in [2.05, 4.69) is 5.32 Å². The van der Waals surface area contributed by atoms with Gasteiger partial charge < -0.3 is 19.5 Å². The second-order valence-corrected chi connectivity index (χ2v) is 6.74. The van der Waals surface area contributed by atoms with Crippen molar-refractivity contribution in [2.45, 2.75) is 18.6 Å². The molecule has 4 rings (SSSR count). The van der Waals surface area contributed by atoms with Gasteiger partial charge in [0.2, 0.25) is 0 Å². The Morgan fingerprint density at radius 1 is 1.20 bits per heavy atom. The number of hydrogen-bond donors (Lipinski definition) is 1. The van der Waals surface area contributed by atoms with Gasteiger partial charge in [-0.25, -0.2) is 4.39 Å². The monoisotopic (exact) mass is 363 g/mol. The molecule has 0 saturated carbocycles. The largest absolute Gasteiger partial charge is 0.493 e. The van der Waals surface area contributed by atoms with E-state index in [-0.39, 0.29) is 23.9 Å². The number of anilines is 1. The molecule has 4 nitrogen and oxygen atoms in total. The van der Waals surface area contributed by atoms with E-state index in [4.69, 9.17) is 25.8 Å². The van der Waals surface area contributed by atoms with Crippen LogP contribution in [0.3, 0.4) is 0 Å². The maximum Gasteiger partial charge on any atom is 0.179 e. The molecule has 2 aliphatic heterocycles. The van der Waals surface area contributed by atoms with Crippen molar-refractivity contribution in [2.24, 2.45) is 5.92 Å². The van der Waals surface area contributed by atoms with Crippen LogP contribution in [0.4, 0.5) is 10.1 Å². The van der Waals surface area contributed by atoms with E-state index in [1.807, 2.05) is 12.1 Å². The van der Waals surface area contributed by atoms with Crippen molar-refractivity contribution in [2.75, 3.05) is 26.1 Å². The first-order valence-corrected chi connectivity index (χ1v) is 8.59. The third kappa shape index (κ3) is 2.71. The van der Waals surface area contributed by atoms with Crippen molar-refractivity contribution in [3.8, 4) is 11.5 Å². The molecule has 25 heavy (non-hydrogen) atoms. The molecule has 0 amide bonds. The average molecular weight is 364 g/mol. The van der Waals surface area contributed by atoms with E-state index in [1.165, 1.54) is 6.07 Å². The van der Waals surface area contributed by atoms with Crippen LogP contribution in [0.1, 0.15) is 29.7 Å². The number of halogens is 2. The van der Waals surface area contributed by atoms with Crippen LogP contribution in [0, 0.1) is 11.7 Å². The number of methoxy groups -OCH3 is 2. The minimum atomic E-state index is -0.248. The van der Waals surface area contributed by atoms with Gasteiger partial charge in [0, 0.05) is 23.8 Å². The predicted molar refractivity (Wildman–Crippen MR) is 94.1 cm³/mol. The topological polar surface area (TPSA) is 39.7 Å². The number of nitrogens with one attached hydrogen (secondary N) is 1. The molecule has 6 heteroatoms. The molecule has 0 aliphatic carbocycles. The predicted octanol–water partition coefficient (Wildman–Crippen LogP) is 4.74. The highest BCUT2D eigenvalue weighted by molar-refractivity contribution is 6.32. The molecule has 0 bridgehead atoms. The van der Waals surface area contributed by atoms with E-state index >= 15 is 0 Å². The summed E-state index contributed by atoms with van der Waals surface area (Å²) in [6, 6.07) is 8.61. The smallest absolute Gasteiger partial charge is 0.179 e. The Morgan fingerprint density at radius 2 is 2.04 bits per heavy atom. The Hall–Kier alpha value is -1.98. The van der Waals surface area contributed by atoms with Gasteiger partial charge in [-0.1, -0.05) is 11.6 Å². The van der Waals surface area contributed by atoms with E-state index in [9.17, 15) is 4.39 Å². The van der Waals surface area contributed by atoms with Crippen molar-refractivity contribution in [1.82, 2.24) is 0 Å². The van der Waals surface area contributed by atoms with Crippen LogP contribution < -0.4 is 14.8 Å². The van der Waals surface area contributed by atoms with E-state index in [0.717, 1.165) is 23.2 Å². The molecule has 132 valence electrons. The standard InChI is InChI=1S/C19H19ClFNO3/c1-23-16-8-10(7-14(20)19(16)24-2)17-12-5-6-25-18(12)13-9-11(21)3-4-15(13)22-17/h3-4,7-9,12,17-18,22H,5-6H2,1-2H3/t12-,17?,18-/m0/s1. The van der Waals surface area contributed by atoms with Gasteiger partial charge in [-0.15, -0.1) is 0 Å². The lowest BCUT2D eigenvalue weighted by molar-refractivity contribution is 0.0826. The number of benzene rings is 2. The van der Waals surface area contributed by atoms with Crippen molar-refractivity contribution in [3.63, 3.8) is 0 Å². The first kappa shape index (κ1) is 16.5. The van der Waals surface area contributed by atoms with Crippen LogP contribution in [-0.4, -0.2) is 20.8 Å². The summed E-state index contributed by atoms with van der Waals surface area (Å²) in [4.78, 5) is 0.